The number of nitrogens with one attached hydrogen (secondary N) is 1. The SMILES string of the molecule is CNC(=O)C1(C)CCN(C(=O)CCc2ccc(N)cc2)C1. The van der Waals surface area contributed by atoms with Gasteiger partial charge in [0.2, 0.25) is 11.8 Å². The lowest BCUT2D eigenvalue weighted by molar-refractivity contribution is -0.132. The van der Waals surface area contributed by atoms with Crippen LogP contribution < -0.4 is 11.1 Å². The molecule has 1 atom stereocenters. The molecule has 3 N–H and O–H groups in total. The summed E-state index contributed by atoms with van der Waals surface area (Å²) in [6, 6.07) is 7.58. The number of aryl methyl sites for hydroxylation is 1. The van der Waals surface area contributed by atoms with Gasteiger partial charge in [0.15, 0.2) is 0 Å². The van der Waals surface area contributed by atoms with Crippen LogP contribution in [0.3, 0.4) is 0 Å². The van der Waals surface area contributed by atoms with Gasteiger partial charge < -0.3 is 16.0 Å². The minimum absolute atomic E-state index is 0.0105. The minimum Gasteiger partial charge on any atom is -0.399 e. The lowest BCUT2D eigenvalue weighted by atomic mass is 9.89. The van der Waals surface area contributed by atoms with E-state index in [1.165, 1.54) is 0 Å². The first-order chi connectivity index (χ1) is 9.94. The summed E-state index contributed by atoms with van der Waals surface area (Å²) in [7, 11) is 1.64. The Kier molecular flexibility index (Phi) is 4.50. The van der Waals surface area contributed by atoms with Crippen molar-refractivity contribution in [2.75, 3.05) is 25.9 Å². The van der Waals surface area contributed by atoms with Gasteiger partial charge in [-0.05, 0) is 37.5 Å². The predicted octanol–water partition coefficient (Wildman–Crippen LogP) is 1.19. The highest BCUT2D eigenvalue weighted by Crippen LogP contribution is 2.30. The van der Waals surface area contributed by atoms with Crippen molar-refractivity contribution in [1.29, 1.82) is 0 Å². The molecular formula is C16H23N3O2. The Balaban J connectivity index is 1.87. The molecule has 2 amide bonds. The van der Waals surface area contributed by atoms with Crippen LogP contribution in [0.4, 0.5) is 5.69 Å². The van der Waals surface area contributed by atoms with Crippen LogP contribution in [0.15, 0.2) is 24.3 Å². The Morgan fingerprint density at radius 3 is 2.62 bits per heavy atom. The monoisotopic (exact) mass is 289 g/mol. The average Bonchev–Trinajstić information content (AvgIpc) is 2.89. The topological polar surface area (TPSA) is 75.4 Å². The molecule has 1 unspecified atom stereocenters. The third-order valence-corrected chi connectivity index (χ3v) is 4.21. The Labute approximate surface area is 125 Å². The first-order valence-electron chi connectivity index (χ1n) is 7.29. The molecule has 0 radical (unpaired) electrons. The summed E-state index contributed by atoms with van der Waals surface area (Å²) in [4.78, 5) is 25.9. The van der Waals surface area contributed by atoms with Gasteiger partial charge in [-0.1, -0.05) is 12.1 Å². The molecule has 1 aromatic carbocycles. The molecule has 2 rings (SSSR count). The number of nitrogens with two attached hydrogens (primary N) is 1. The summed E-state index contributed by atoms with van der Waals surface area (Å²) >= 11 is 0. The normalized spacial score (nSPS) is 21.3. The number of carbonyl (C=O) groups excluding carboxylic acids is 2. The first-order valence-corrected chi connectivity index (χ1v) is 7.29. The van der Waals surface area contributed by atoms with Gasteiger partial charge in [0, 0.05) is 32.2 Å². The van der Waals surface area contributed by atoms with E-state index in [1.807, 2.05) is 31.2 Å². The van der Waals surface area contributed by atoms with E-state index >= 15 is 0 Å². The highest BCUT2D eigenvalue weighted by Gasteiger charge is 2.41. The standard InChI is InChI=1S/C16H23N3O2/c1-16(15(21)18-2)9-10-19(11-16)14(20)8-5-12-3-6-13(17)7-4-12/h3-4,6-7H,5,8-11,17H2,1-2H3,(H,18,21). The van der Waals surface area contributed by atoms with Crippen LogP contribution in [0.5, 0.6) is 0 Å². The maximum Gasteiger partial charge on any atom is 0.227 e. The first kappa shape index (κ1) is 15.4. The number of nitrogen functional groups attached to an aromatic ring is 1. The predicted molar refractivity (Wildman–Crippen MR) is 82.5 cm³/mol. The van der Waals surface area contributed by atoms with E-state index in [0.717, 1.165) is 17.7 Å². The van der Waals surface area contributed by atoms with Gasteiger partial charge >= 0.3 is 0 Å². The van der Waals surface area contributed by atoms with Crippen molar-refractivity contribution >= 4 is 17.5 Å². The number of nitrogens with zero attached hydrogens (tertiary/aromatic N) is 1. The lowest BCUT2D eigenvalue weighted by Crippen LogP contribution is -2.40. The van der Waals surface area contributed by atoms with Crippen LogP contribution in [-0.4, -0.2) is 36.9 Å². The van der Waals surface area contributed by atoms with Gasteiger partial charge in [0.05, 0.1) is 5.41 Å². The molecule has 0 aliphatic carbocycles. The average molecular weight is 289 g/mol. The van der Waals surface area contributed by atoms with E-state index in [-0.39, 0.29) is 11.8 Å². The van der Waals surface area contributed by atoms with Gasteiger partial charge in [-0.25, -0.2) is 0 Å². The number of benzene rings is 1. The third-order valence-electron chi connectivity index (χ3n) is 4.21. The van der Waals surface area contributed by atoms with Gasteiger partial charge in [0.25, 0.3) is 0 Å². The second-order valence-corrected chi connectivity index (χ2v) is 5.95. The Morgan fingerprint density at radius 1 is 1.33 bits per heavy atom. The molecule has 1 heterocycles. The molecule has 114 valence electrons. The van der Waals surface area contributed by atoms with Crippen molar-refractivity contribution in [1.82, 2.24) is 10.2 Å². The largest absolute Gasteiger partial charge is 0.399 e. The van der Waals surface area contributed by atoms with Gasteiger partial charge in [-0.2, -0.15) is 0 Å². The smallest absolute Gasteiger partial charge is 0.227 e. The summed E-state index contributed by atoms with van der Waals surface area (Å²) in [6.45, 7) is 3.08. The third kappa shape index (κ3) is 3.54. The minimum atomic E-state index is -0.453. The molecule has 1 saturated heterocycles. The maximum absolute atomic E-state index is 12.3. The van der Waals surface area contributed by atoms with Crippen molar-refractivity contribution in [2.24, 2.45) is 5.41 Å². The molecule has 1 fully saturated rings. The van der Waals surface area contributed by atoms with Crippen LogP contribution in [-0.2, 0) is 16.0 Å². The molecular weight excluding hydrogens is 266 g/mol. The van der Waals surface area contributed by atoms with Gasteiger partial charge in [0.1, 0.15) is 0 Å². The van der Waals surface area contributed by atoms with Crippen molar-refractivity contribution in [3.63, 3.8) is 0 Å². The summed E-state index contributed by atoms with van der Waals surface area (Å²) in [5.74, 6) is 0.121. The van der Waals surface area contributed by atoms with E-state index < -0.39 is 5.41 Å². The van der Waals surface area contributed by atoms with Crippen molar-refractivity contribution in [3.05, 3.63) is 29.8 Å². The zero-order chi connectivity index (χ0) is 15.5. The molecule has 5 heteroatoms. The summed E-state index contributed by atoms with van der Waals surface area (Å²) < 4.78 is 0. The molecule has 1 aromatic rings. The number of likely N-dealkylation sites (tertiary alicyclic amines) is 1. The summed E-state index contributed by atoms with van der Waals surface area (Å²) in [5.41, 5.74) is 7.02. The summed E-state index contributed by atoms with van der Waals surface area (Å²) in [5, 5.41) is 2.68. The van der Waals surface area contributed by atoms with Crippen molar-refractivity contribution in [2.45, 2.75) is 26.2 Å². The zero-order valence-electron chi connectivity index (χ0n) is 12.7. The molecule has 0 aromatic heterocycles. The van der Waals surface area contributed by atoms with Crippen LogP contribution in [0, 0.1) is 5.41 Å². The fourth-order valence-electron chi connectivity index (χ4n) is 2.75. The number of rotatable bonds is 4. The van der Waals surface area contributed by atoms with E-state index in [1.54, 1.807) is 11.9 Å². The highest BCUT2D eigenvalue weighted by molar-refractivity contribution is 5.84. The Hall–Kier alpha value is -2.04. The van der Waals surface area contributed by atoms with Crippen LogP contribution in [0.25, 0.3) is 0 Å². The molecule has 1 aliphatic rings. The van der Waals surface area contributed by atoms with Crippen molar-refractivity contribution < 1.29 is 9.59 Å². The highest BCUT2D eigenvalue weighted by atomic mass is 16.2. The molecule has 1 aliphatic heterocycles. The number of amides is 2. The van der Waals surface area contributed by atoms with Crippen LogP contribution in [0.2, 0.25) is 0 Å². The van der Waals surface area contributed by atoms with Gasteiger partial charge in [-0.3, -0.25) is 9.59 Å². The molecule has 21 heavy (non-hydrogen) atoms. The second kappa shape index (κ2) is 6.16. The number of carbonyl (C=O) groups is 2. The zero-order valence-corrected chi connectivity index (χ0v) is 12.7. The summed E-state index contributed by atoms with van der Waals surface area (Å²) in [6.07, 6.45) is 1.89. The van der Waals surface area contributed by atoms with Crippen LogP contribution >= 0.6 is 0 Å². The van der Waals surface area contributed by atoms with Crippen molar-refractivity contribution in [3.8, 4) is 0 Å². The fourth-order valence-corrected chi connectivity index (χ4v) is 2.75. The van der Waals surface area contributed by atoms with E-state index in [2.05, 4.69) is 5.32 Å². The van der Waals surface area contributed by atoms with E-state index in [4.69, 9.17) is 5.73 Å². The molecule has 0 saturated carbocycles. The Morgan fingerprint density at radius 2 is 2.00 bits per heavy atom. The van der Waals surface area contributed by atoms with E-state index in [0.29, 0.717) is 25.9 Å². The number of hydrogen-bond acceptors (Lipinski definition) is 3. The molecule has 5 nitrogen and oxygen atoms in total. The lowest BCUT2D eigenvalue weighted by Gasteiger charge is -2.22. The quantitative estimate of drug-likeness (QED) is 0.817. The molecule has 0 spiro atoms. The van der Waals surface area contributed by atoms with E-state index in [9.17, 15) is 9.59 Å². The fraction of sp³-hybridized carbons (Fsp3) is 0.500. The number of hydrogen-bond donors (Lipinski definition) is 2. The van der Waals surface area contributed by atoms with Gasteiger partial charge in [-0.15, -0.1) is 0 Å². The number of anilines is 1. The van der Waals surface area contributed by atoms with Crippen LogP contribution in [0.1, 0.15) is 25.3 Å². The molecule has 0 bridgehead atoms. The maximum atomic E-state index is 12.3. The second-order valence-electron chi connectivity index (χ2n) is 5.95. The Bertz CT molecular complexity index is 527.